The number of nitrogens with zero attached hydrogens (tertiary/aromatic N) is 3. The lowest BCUT2D eigenvalue weighted by atomic mass is 9.87. The molecule has 0 N–H and O–H groups in total. The van der Waals surface area contributed by atoms with Gasteiger partial charge in [0.05, 0.1) is 22.8 Å². The van der Waals surface area contributed by atoms with Gasteiger partial charge < -0.3 is 4.90 Å². The third-order valence-corrected chi connectivity index (χ3v) is 7.73. The van der Waals surface area contributed by atoms with Gasteiger partial charge in [-0.25, -0.2) is 8.42 Å². The number of likely N-dealkylation sites (N-methyl/N-ethyl adjacent to an activating group) is 1. The molecule has 0 spiro atoms. The van der Waals surface area contributed by atoms with Gasteiger partial charge in [-0.05, 0) is 68.1 Å². The van der Waals surface area contributed by atoms with Crippen LogP contribution in [-0.2, 0) is 26.8 Å². The lowest BCUT2D eigenvalue weighted by Gasteiger charge is -2.28. The first-order valence-electron chi connectivity index (χ1n) is 11.8. The Labute approximate surface area is 209 Å². The molecule has 2 aromatic carbocycles. The van der Waals surface area contributed by atoms with Crippen LogP contribution in [0, 0.1) is 13.8 Å². The van der Waals surface area contributed by atoms with Crippen LogP contribution in [0.25, 0.3) is 0 Å². The van der Waals surface area contributed by atoms with Crippen LogP contribution in [0.5, 0.6) is 0 Å². The maximum Gasteiger partial charge on any atom is 0.264 e. The van der Waals surface area contributed by atoms with Crippen molar-refractivity contribution in [2.24, 2.45) is 0 Å². The van der Waals surface area contributed by atoms with Crippen molar-refractivity contribution in [1.29, 1.82) is 0 Å². The monoisotopic (exact) mass is 493 g/mol. The van der Waals surface area contributed by atoms with E-state index in [-0.39, 0.29) is 22.8 Å². The van der Waals surface area contributed by atoms with E-state index in [1.165, 1.54) is 4.31 Å². The Hall–Kier alpha value is -3.19. The Kier molecular flexibility index (Phi) is 8.00. The summed E-state index contributed by atoms with van der Waals surface area (Å²) >= 11 is 0. The van der Waals surface area contributed by atoms with Gasteiger partial charge in [0.2, 0.25) is 5.91 Å². The summed E-state index contributed by atoms with van der Waals surface area (Å²) in [5.41, 5.74) is 4.04. The fraction of sp³-hybridized carbons (Fsp3) is 0.357. The molecule has 1 heterocycles. The first-order chi connectivity index (χ1) is 16.4. The predicted molar refractivity (Wildman–Crippen MR) is 141 cm³/mol. The van der Waals surface area contributed by atoms with E-state index in [9.17, 15) is 13.2 Å². The first-order valence-corrected chi connectivity index (χ1v) is 13.3. The quantitative estimate of drug-likeness (QED) is 0.430. The summed E-state index contributed by atoms with van der Waals surface area (Å²) in [6, 6.07) is 19.8. The van der Waals surface area contributed by atoms with Crippen LogP contribution < -0.4 is 4.31 Å². The number of carbonyl (C=O) groups is 1. The minimum atomic E-state index is -3.98. The number of aryl methyl sites for hydroxylation is 2. The van der Waals surface area contributed by atoms with Gasteiger partial charge in [-0.15, -0.1) is 0 Å². The normalized spacial score (nSPS) is 11.8. The largest absolute Gasteiger partial charge is 0.336 e. The highest BCUT2D eigenvalue weighted by molar-refractivity contribution is 7.92. The predicted octanol–water partition coefficient (Wildman–Crippen LogP) is 5.24. The van der Waals surface area contributed by atoms with E-state index < -0.39 is 10.0 Å². The molecule has 0 fully saturated rings. The van der Waals surface area contributed by atoms with Crippen molar-refractivity contribution in [2.45, 2.75) is 58.4 Å². The number of aromatic nitrogens is 1. The molecule has 6 nitrogen and oxygen atoms in total. The summed E-state index contributed by atoms with van der Waals surface area (Å²) in [4.78, 5) is 19.6. The lowest BCUT2D eigenvalue weighted by Crippen LogP contribution is -2.43. The van der Waals surface area contributed by atoms with Crippen molar-refractivity contribution in [2.75, 3.05) is 17.4 Å². The third-order valence-electron chi connectivity index (χ3n) is 5.94. The van der Waals surface area contributed by atoms with Crippen LogP contribution in [-0.4, -0.2) is 37.3 Å². The summed E-state index contributed by atoms with van der Waals surface area (Å²) in [5.74, 6) is -0.286. The average Bonchev–Trinajstić information content (AvgIpc) is 2.81. The molecule has 0 atom stereocenters. The van der Waals surface area contributed by atoms with Gasteiger partial charge in [0.15, 0.2) is 0 Å². The SMILES string of the molecule is CCN(Cc1cccc(C)n1)C(=O)CN(c1ccc(C)cc1)S(=O)(=O)c1ccc(C(C)(C)C)cc1. The fourth-order valence-corrected chi connectivity index (χ4v) is 5.18. The average molecular weight is 494 g/mol. The minimum absolute atomic E-state index is 0.0969. The highest BCUT2D eigenvalue weighted by Gasteiger charge is 2.29. The minimum Gasteiger partial charge on any atom is -0.336 e. The Morgan fingerprint density at radius 1 is 0.914 bits per heavy atom. The van der Waals surface area contributed by atoms with E-state index in [1.54, 1.807) is 29.2 Å². The highest BCUT2D eigenvalue weighted by atomic mass is 32.2. The van der Waals surface area contributed by atoms with Crippen molar-refractivity contribution in [1.82, 2.24) is 9.88 Å². The molecule has 186 valence electrons. The van der Waals surface area contributed by atoms with E-state index in [2.05, 4.69) is 25.8 Å². The molecule has 35 heavy (non-hydrogen) atoms. The van der Waals surface area contributed by atoms with Crippen LogP contribution in [0.2, 0.25) is 0 Å². The van der Waals surface area contributed by atoms with Crippen molar-refractivity contribution in [3.63, 3.8) is 0 Å². The van der Waals surface area contributed by atoms with Crippen molar-refractivity contribution in [3.05, 3.63) is 89.2 Å². The van der Waals surface area contributed by atoms with Gasteiger partial charge in [0.25, 0.3) is 10.0 Å². The molecule has 7 heteroatoms. The van der Waals surface area contributed by atoms with Gasteiger partial charge in [0, 0.05) is 12.2 Å². The van der Waals surface area contributed by atoms with E-state index in [0.29, 0.717) is 18.8 Å². The molecule has 0 aliphatic rings. The molecule has 1 aromatic heterocycles. The summed E-state index contributed by atoms with van der Waals surface area (Å²) < 4.78 is 28.7. The summed E-state index contributed by atoms with van der Waals surface area (Å²) in [7, 11) is -3.98. The van der Waals surface area contributed by atoms with E-state index >= 15 is 0 Å². The maximum atomic E-state index is 13.8. The Morgan fingerprint density at radius 2 is 1.54 bits per heavy atom. The zero-order valence-electron chi connectivity index (χ0n) is 21.4. The maximum absolute atomic E-state index is 13.8. The second-order valence-corrected chi connectivity index (χ2v) is 11.7. The van der Waals surface area contributed by atoms with Crippen molar-refractivity contribution >= 4 is 21.6 Å². The van der Waals surface area contributed by atoms with Gasteiger partial charge in [-0.3, -0.25) is 14.1 Å². The highest BCUT2D eigenvalue weighted by Crippen LogP contribution is 2.27. The number of carbonyl (C=O) groups excluding carboxylic acids is 1. The Balaban J connectivity index is 1.95. The lowest BCUT2D eigenvalue weighted by molar-refractivity contribution is -0.130. The van der Waals surface area contributed by atoms with E-state index in [4.69, 9.17) is 0 Å². The first kappa shape index (κ1) is 26.4. The standard InChI is InChI=1S/C28H35N3O3S/c1-7-30(19-24-10-8-9-22(3)29-24)27(32)20-31(25-15-11-21(2)12-16-25)35(33,34)26-17-13-23(14-18-26)28(4,5)6/h8-18H,7,19-20H2,1-6H3. The number of anilines is 1. The molecule has 3 aromatic rings. The number of amides is 1. The molecule has 1 amide bonds. The molecule has 3 rings (SSSR count). The van der Waals surface area contributed by atoms with E-state index in [0.717, 1.165) is 22.5 Å². The number of rotatable bonds is 8. The number of hydrogen-bond donors (Lipinski definition) is 0. The number of sulfonamides is 1. The van der Waals surface area contributed by atoms with Crippen LogP contribution in [0.3, 0.4) is 0 Å². The molecular formula is C28H35N3O3S. The zero-order valence-corrected chi connectivity index (χ0v) is 22.3. The summed E-state index contributed by atoms with van der Waals surface area (Å²) in [6.45, 7) is 12.4. The topological polar surface area (TPSA) is 70.6 Å². The number of hydrogen-bond acceptors (Lipinski definition) is 4. The van der Waals surface area contributed by atoms with Crippen LogP contribution in [0.4, 0.5) is 5.69 Å². The molecule has 0 bridgehead atoms. The Bertz CT molecular complexity index is 1260. The van der Waals surface area contributed by atoms with Gasteiger partial charge in [-0.2, -0.15) is 0 Å². The van der Waals surface area contributed by atoms with Crippen LogP contribution in [0.15, 0.2) is 71.6 Å². The number of benzene rings is 2. The van der Waals surface area contributed by atoms with Gasteiger partial charge in [0.1, 0.15) is 6.54 Å². The van der Waals surface area contributed by atoms with Crippen molar-refractivity contribution < 1.29 is 13.2 Å². The third kappa shape index (κ3) is 6.48. The van der Waals surface area contributed by atoms with E-state index in [1.807, 2.05) is 63.2 Å². The fourth-order valence-electron chi connectivity index (χ4n) is 3.76. The zero-order chi connectivity index (χ0) is 25.8. The molecule has 0 unspecified atom stereocenters. The van der Waals surface area contributed by atoms with Gasteiger partial charge in [-0.1, -0.05) is 56.7 Å². The van der Waals surface area contributed by atoms with Crippen molar-refractivity contribution in [3.8, 4) is 0 Å². The summed E-state index contributed by atoms with van der Waals surface area (Å²) in [5, 5.41) is 0. The second-order valence-electron chi connectivity index (χ2n) is 9.80. The van der Waals surface area contributed by atoms with Gasteiger partial charge >= 0.3 is 0 Å². The molecule has 0 radical (unpaired) electrons. The smallest absolute Gasteiger partial charge is 0.264 e. The Morgan fingerprint density at radius 3 is 2.09 bits per heavy atom. The van der Waals surface area contributed by atoms with Crippen LogP contribution in [0.1, 0.15) is 50.2 Å². The van der Waals surface area contributed by atoms with Crippen LogP contribution >= 0.6 is 0 Å². The molecule has 0 aliphatic heterocycles. The molecule has 0 saturated heterocycles. The summed E-state index contributed by atoms with van der Waals surface area (Å²) in [6.07, 6.45) is 0. The molecule has 0 aliphatic carbocycles. The molecular weight excluding hydrogens is 458 g/mol. The number of pyridine rings is 1. The molecule has 0 saturated carbocycles. The second kappa shape index (κ2) is 10.6.